The van der Waals surface area contributed by atoms with Gasteiger partial charge in [0.1, 0.15) is 13.8 Å². The molecule has 1 aromatic carbocycles. The maximum absolute atomic E-state index is 4.16. The topological polar surface area (TPSA) is 24.4 Å². The molecule has 0 saturated carbocycles. The number of hydrazone groups is 1. The van der Waals surface area contributed by atoms with E-state index in [-0.39, 0.29) is 0 Å². The number of nitrogens with zero attached hydrogens (tertiary/aromatic N) is 1. The van der Waals surface area contributed by atoms with Gasteiger partial charge < -0.3 is 0 Å². The van der Waals surface area contributed by atoms with Crippen molar-refractivity contribution in [2.24, 2.45) is 5.10 Å². The number of nitrogens with one attached hydrogen (secondary N) is 1. The highest BCUT2D eigenvalue weighted by atomic mass is 28.3. The van der Waals surface area contributed by atoms with Gasteiger partial charge in [0.15, 0.2) is 0 Å². The Morgan fingerprint density at radius 2 is 1.78 bits per heavy atom. The first-order valence-corrected chi connectivity index (χ1v) is 9.36. The van der Waals surface area contributed by atoms with E-state index in [4.69, 9.17) is 0 Å². The highest BCUT2D eigenvalue weighted by Gasteiger charge is 2.06. The van der Waals surface area contributed by atoms with Gasteiger partial charge in [0.25, 0.3) is 0 Å². The van der Waals surface area contributed by atoms with Crippen molar-refractivity contribution in [3.63, 3.8) is 0 Å². The Balaban J connectivity index is 2.58. The normalized spacial score (nSPS) is 10.8. The van der Waals surface area contributed by atoms with Crippen LogP contribution in [-0.2, 0) is 0 Å². The molecule has 2 nitrogen and oxygen atoms in total. The van der Waals surface area contributed by atoms with E-state index < -0.39 is 8.07 Å². The summed E-state index contributed by atoms with van der Waals surface area (Å²) in [6.07, 6.45) is 0. The van der Waals surface area contributed by atoms with Crippen molar-refractivity contribution in [1.82, 2.24) is 0 Å². The molecule has 0 saturated heterocycles. The van der Waals surface area contributed by atoms with Gasteiger partial charge in [-0.2, -0.15) is 5.10 Å². The van der Waals surface area contributed by atoms with E-state index in [1.807, 2.05) is 37.3 Å². The van der Waals surface area contributed by atoms with Gasteiger partial charge in [-0.3, -0.25) is 5.43 Å². The molecule has 1 aromatic rings. The van der Waals surface area contributed by atoms with Crippen molar-refractivity contribution >= 4 is 19.5 Å². The molecule has 0 bridgehead atoms. The molecule has 0 aliphatic heterocycles. The predicted octanol–water partition coefficient (Wildman–Crippen LogP) is 3.36. The van der Waals surface area contributed by atoms with Crippen molar-refractivity contribution in [1.29, 1.82) is 0 Å². The van der Waals surface area contributed by atoms with Gasteiger partial charge >= 0.3 is 0 Å². The zero-order valence-corrected chi connectivity index (χ0v) is 12.3. The van der Waals surface area contributed by atoms with E-state index in [9.17, 15) is 0 Å². The summed E-state index contributed by atoms with van der Waals surface area (Å²) < 4.78 is 0. The van der Waals surface area contributed by atoms with Crippen LogP contribution >= 0.6 is 0 Å². The molecule has 3 heteroatoms. The van der Waals surface area contributed by atoms with Crippen molar-refractivity contribution in [3.05, 3.63) is 30.3 Å². The van der Waals surface area contributed by atoms with Crippen LogP contribution in [0.15, 0.2) is 35.4 Å². The highest BCUT2D eigenvalue weighted by molar-refractivity contribution is 6.83. The first kappa shape index (κ1) is 14.1. The molecule has 18 heavy (non-hydrogen) atoms. The molecular formula is C15H18N2Si. The fourth-order valence-electron chi connectivity index (χ4n) is 1.03. The number of rotatable bonds is 2. The van der Waals surface area contributed by atoms with Gasteiger partial charge in [-0.1, -0.05) is 37.8 Å². The Morgan fingerprint density at radius 3 is 2.39 bits per heavy atom. The molecular weight excluding hydrogens is 236 g/mol. The maximum Gasteiger partial charge on any atom is 0.130 e. The Kier molecular flexibility index (Phi) is 5.23. The molecule has 92 valence electrons. The summed E-state index contributed by atoms with van der Waals surface area (Å²) in [6, 6.07) is 9.79. The fourth-order valence-corrected chi connectivity index (χ4v) is 1.47. The summed E-state index contributed by atoms with van der Waals surface area (Å²) in [7, 11) is -1.32. The molecule has 0 heterocycles. The van der Waals surface area contributed by atoms with Crippen LogP contribution in [0, 0.1) is 23.3 Å². The third-order valence-corrected chi connectivity index (χ3v) is 2.74. The molecule has 0 aliphatic rings. The van der Waals surface area contributed by atoms with Crippen molar-refractivity contribution in [2.75, 3.05) is 5.43 Å². The molecule has 0 radical (unpaired) electrons. The molecule has 0 atom stereocenters. The molecule has 1 rings (SSSR count). The van der Waals surface area contributed by atoms with Crippen LogP contribution in [0.25, 0.3) is 0 Å². The number of anilines is 1. The second kappa shape index (κ2) is 6.69. The Bertz CT molecular complexity index is 531. The summed E-state index contributed by atoms with van der Waals surface area (Å²) in [5, 5.41) is 4.16. The minimum absolute atomic E-state index is 0.726. The van der Waals surface area contributed by atoms with Gasteiger partial charge in [0.05, 0.1) is 5.69 Å². The van der Waals surface area contributed by atoms with Crippen LogP contribution in [-0.4, -0.2) is 13.8 Å². The first-order valence-electron chi connectivity index (χ1n) is 5.86. The van der Waals surface area contributed by atoms with Gasteiger partial charge in [-0.15, -0.1) is 5.54 Å². The molecule has 0 aromatic heterocycles. The molecule has 0 unspecified atom stereocenters. The Hall–Kier alpha value is -1.97. The monoisotopic (exact) mass is 254 g/mol. The zero-order chi connectivity index (χ0) is 13.4. The second-order valence-corrected chi connectivity index (χ2v) is 9.68. The predicted molar refractivity (Wildman–Crippen MR) is 82.1 cm³/mol. The quantitative estimate of drug-likeness (QED) is 0.372. The van der Waals surface area contributed by atoms with Gasteiger partial charge in [-0.25, -0.2) is 0 Å². The third-order valence-electron chi connectivity index (χ3n) is 1.87. The van der Waals surface area contributed by atoms with Crippen molar-refractivity contribution in [3.8, 4) is 23.3 Å². The number of para-hydroxylation sites is 1. The van der Waals surface area contributed by atoms with Gasteiger partial charge in [-0.05, 0) is 36.8 Å². The van der Waals surface area contributed by atoms with E-state index in [0.29, 0.717) is 0 Å². The minimum Gasteiger partial charge on any atom is -0.278 e. The maximum atomic E-state index is 4.16. The summed E-state index contributed by atoms with van der Waals surface area (Å²) >= 11 is 0. The lowest BCUT2D eigenvalue weighted by Gasteiger charge is -2.01. The lowest BCUT2D eigenvalue weighted by molar-refractivity contribution is 1.33. The summed E-state index contributed by atoms with van der Waals surface area (Å²) in [6.45, 7) is 8.44. The third kappa shape index (κ3) is 6.58. The highest BCUT2D eigenvalue weighted by Crippen LogP contribution is 2.04. The second-order valence-electron chi connectivity index (χ2n) is 4.93. The largest absolute Gasteiger partial charge is 0.278 e. The van der Waals surface area contributed by atoms with Crippen LogP contribution in [0.3, 0.4) is 0 Å². The molecule has 0 spiro atoms. The molecule has 0 aliphatic carbocycles. The number of benzene rings is 1. The summed E-state index contributed by atoms with van der Waals surface area (Å²) in [5.74, 6) is 8.64. The van der Waals surface area contributed by atoms with E-state index >= 15 is 0 Å². The fraction of sp³-hybridized carbons (Fsp3) is 0.267. The standard InChI is InChI=1S/C15H18N2Si/c1-14(10-8-9-13-18(2,3)4)16-17-15-11-6-5-7-12-15/h5-7,11-12,17H,1-4H3/b16-14-. The molecule has 0 fully saturated rings. The summed E-state index contributed by atoms with van der Waals surface area (Å²) in [4.78, 5) is 0. The SMILES string of the molecule is C/C(C#CC#C[Si](C)(C)C)=N/Nc1ccccc1. The van der Waals surface area contributed by atoms with Crippen LogP contribution in [0.2, 0.25) is 19.6 Å². The average Bonchev–Trinajstić information content (AvgIpc) is 2.32. The molecule has 0 amide bonds. The van der Waals surface area contributed by atoms with Crippen LogP contribution in [0.5, 0.6) is 0 Å². The molecule has 1 N–H and O–H groups in total. The van der Waals surface area contributed by atoms with Crippen LogP contribution < -0.4 is 5.43 Å². The average molecular weight is 254 g/mol. The Morgan fingerprint density at radius 1 is 1.11 bits per heavy atom. The first-order chi connectivity index (χ1) is 8.47. The number of hydrogen-bond acceptors (Lipinski definition) is 2. The zero-order valence-electron chi connectivity index (χ0n) is 11.3. The van der Waals surface area contributed by atoms with Crippen molar-refractivity contribution in [2.45, 2.75) is 26.6 Å². The lowest BCUT2D eigenvalue weighted by atomic mass is 10.3. The van der Waals surface area contributed by atoms with Crippen LogP contribution in [0.4, 0.5) is 5.69 Å². The smallest absolute Gasteiger partial charge is 0.130 e. The van der Waals surface area contributed by atoms with Gasteiger partial charge in [0.2, 0.25) is 0 Å². The van der Waals surface area contributed by atoms with E-state index in [1.165, 1.54) is 0 Å². The minimum atomic E-state index is -1.32. The van der Waals surface area contributed by atoms with E-state index in [1.54, 1.807) is 0 Å². The van der Waals surface area contributed by atoms with E-state index in [0.717, 1.165) is 11.4 Å². The van der Waals surface area contributed by atoms with E-state index in [2.05, 4.69) is 53.5 Å². The lowest BCUT2D eigenvalue weighted by Crippen LogP contribution is -2.16. The van der Waals surface area contributed by atoms with Crippen LogP contribution in [0.1, 0.15) is 6.92 Å². The number of hydrogen-bond donors (Lipinski definition) is 1. The summed E-state index contributed by atoms with van der Waals surface area (Å²) in [5.41, 5.74) is 7.81. The van der Waals surface area contributed by atoms with Gasteiger partial charge in [0, 0.05) is 0 Å². The Labute approximate surface area is 111 Å². The van der Waals surface area contributed by atoms with Crippen molar-refractivity contribution < 1.29 is 0 Å².